The van der Waals surface area contributed by atoms with E-state index in [9.17, 15) is 4.79 Å². The average Bonchev–Trinajstić information content (AvgIpc) is 2.83. The van der Waals surface area contributed by atoms with E-state index in [1.807, 2.05) is 45.0 Å². The van der Waals surface area contributed by atoms with Gasteiger partial charge in [0, 0.05) is 12.6 Å². The first kappa shape index (κ1) is 15.2. The van der Waals surface area contributed by atoms with E-state index < -0.39 is 0 Å². The third-order valence-corrected chi connectivity index (χ3v) is 3.76. The monoisotopic (exact) mass is 287 g/mol. The van der Waals surface area contributed by atoms with Crippen LogP contribution in [0, 0.1) is 13.8 Å². The van der Waals surface area contributed by atoms with Gasteiger partial charge in [-0.15, -0.1) is 0 Å². The van der Waals surface area contributed by atoms with Crippen LogP contribution in [0.2, 0.25) is 0 Å². The Morgan fingerprint density at radius 3 is 2.52 bits per heavy atom. The molecule has 1 amide bonds. The van der Waals surface area contributed by atoms with Crippen molar-refractivity contribution in [3.05, 3.63) is 53.0 Å². The molecule has 2 aromatic rings. The number of hydrogen-bond donors (Lipinski definition) is 0. The molecule has 0 aliphatic rings. The first-order chi connectivity index (χ1) is 9.95. The SMILES string of the molecule is COc1ccccc1C(C)N(C)C(=O)c1cc(C)oc1C. The van der Waals surface area contributed by atoms with Crippen molar-refractivity contribution in [2.75, 3.05) is 14.2 Å². The Balaban J connectivity index is 2.28. The van der Waals surface area contributed by atoms with Gasteiger partial charge in [-0.25, -0.2) is 0 Å². The molecule has 0 N–H and O–H groups in total. The highest BCUT2D eigenvalue weighted by atomic mass is 16.5. The molecule has 4 heteroatoms. The van der Waals surface area contributed by atoms with Gasteiger partial charge in [0.15, 0.2) is 0 Å². The molecular formula is C17H21NO3. The lowest BCUT2D eigenvalue weighted by atomic mass is 10.1. The molecule has 21 heavy (non-hydrogen) atoms. The number of benzene rings is 1. The summed E-state index contributed by atoms with van der Waals surface area (Å²) in [5.41, 5.74) is 1.59. The summed E-state index contributed by atoms with van der Waals surface area (Å²) in [4.78, 5) is 14.3. The molecule has 4 nitrogen and oxygen atoms in total. The Bertz CT molecular complexity index is 645. The van der Waals surface area contributed by atoms with E-state index in [-0.39, 0.29) is 11.9 Å². The number of aryl methyl sites for hydroxylation is 2. The standard InChI is InChI=1S/C17H21NO3/c1-11-10-15(13(3)21-11)17(19)18(4)12(2)14-8-6-7-9-16(14)20-5/h6-10,12H,1-5H3. The van der Waals surface area contributed by atoms with Gasteiger partial charge in [-0.1, -0.05) is 18.2 Å². The van der Waals surface area contributed by atoms with Crippen LogP contribution in [-0.4, -0.2) is 25.0 Å². The number of carbonyl (C=O) groups is 1. The predicted molar refractivity (Wildman–Crippen MR) is 81.7 cm³/mol. The normalized spacial score (nSPS) is 12.0. The van der Waals surface area contributed by atoms with Crippen molar-refractivity contribution < 1.29 is 13.9 Å². The van der Waals surface area contributed by atoms with Crippen LogP contribution in [-0.2, 0) is 0 Å². The number of methoxy groups -OCH3 is 1. The molecule has 2 rings (SSSR count). The van der Waals surface area contributed by atoms with Gasteiger partial charge >= 0.3 is 0 Å². The molecule has 1 aromatic heterocycles. The zero-order valence-electron chi connectivity index (χ0n) is 13.1. The van der Waals surface area contributed by atoms with Gasteiger partial charge in [-0.2, -0.15) is 0 Å². The quantitative estimate of drug-likeness (QED) is 0.860. The molecule has 1 unspecified atom stereocenters. The third kappa shape index (κ3) is 2.94. The number of ether oxygens (including phenoxy) is 1. The predicted octanol–water partition coefficient (Wildman–Crippen LogP) is 3.74. The molecule has 1 heterocycles. The molecule has 0 aliphatic heterocycles. The molecule has 0 fully saturated rings. The number of amides is 1. The van der Waals surface area contributed by atoms with Crippen molar-refractivity contribution in [1.29, 1.82) is 0 Å². The Hall–Kier alpha value is -2.23. The second kappa shape index (κ2) is 6.04. The lowest BCUT2D eigenvalue weighted by Crippen LogP contribution is -2.30. The van der Waals surface area contributed by atoms with E-state index in [1.54, 1.807) is 25.1 Å². The maximum atomic E-state index is 12.6. The molecule has 0 saturated heterocycles. The number of nitrogens with zero attached hydrogens (tertiary/aromatic N) is 1. The van der Waals surface area contributed by atoms with Crippen molar-refractivity contribution in [1.82, 2.24) is 4.90 Å². The minimum atomic E-state index is -0.0942. The van der Waals surface area contributed by atoms with Crippen LogP contribution in [0.5, 0.6) is 5.75 Å². The van der Waals surface area contributed by atoms with Gasteiger partial charge in [0.2, 0.25) is 0 Å². The molecule has 1 atom stereocenters. The second-order valence-corrected chi connectivity index (χ2v) is 5.16. The van der Waals surface area contributed by atoms with Crippen LogP contribution >= 0.6 is 0 Å². The van der Waals surface area contributed by atoms with Crippen molar-refractivity contribution in [3.63, 3.8) is 0 Å². The van der Waals surface area contributed by atoms with E-state index >= 15 is 0 Å². The maximum absolute atomic E-state index is 12.6. The highest BCUT2D eigenvalue weighted by molar-refractivity contribution is 5.95. The Labute approximate surface area is 125 Å². The number of carbonyl (C=O) groups excluding carboxylic acids is 1. The lowest BCUT2D eigenvalue weighted by Gasteiger charge is -2.26. The number of rotatable bonds is 4. The first-order valence-corrected chi connectivity index (χ1v) is 6.92. The van der Waals surface area contributed by atoms with E-state index in [4.69, 9.17) is 9.15 Å². The number of hydrogen-bond acceptors (Lipinski definition) is 3. The Kier molecular flexibility index (Phi) is 4.36. The maximum Gasteiger partial charge on any atom is 0.257 e. The summed E-state index contributed by atoms with van der Waals surface area (Å²) < 4.78 is 10.8. The van der Waals surface area contributed by atoms with Crippen molar-refractivity contribution in [2.45, 2.75) is 26.8 Å². The second-order valence-electron chi connectivity index (χ2n) is 5.16. The van der Waals surface area contributed by atoms with Crippen molar-refractivity contribution in [3.8, 4) is 5.75 Å². The zero-order valence-corrected chi connectivity index (χ0v) is 13.1. The molecule has 0 saturated carbocycles. The highest BCUT2D eigenvalue weighted by Crippen LogP contribution is 2.29. The molecular weight excluding hydrogens is 266 g/mol. The van der Waals surface area contributed by atoms with E-state index in [1.165, 1.54) is 0 Å². The topological polar surface area (TPSA) is 42.7 Å². The summed E-state index contributed by atoms with van der Waals surface area (Å²) in [7, 11) is 3.43. The summed E-state index contributed by atoms with van der Waals surface area (Å²) in [6.45, 7) is 5.63. The van der Waals surface area contributed by atoms with E-state index in [0.29, 0.717) is 11.3 Å². The van der Waals surface area contributed by atoms with Crippen molar-refractivity contribution >= 4 is 5.91 Å². The summed E-state index contributed by atoms with van der Waals surface area (Å²) >= 11 is 0. The van der Waals surface area contributed by atoms with Gasteiger partial charge < -0.3 is 14.1 Å². The minimum absolute atomic E-state index is 0.0530. The summed E-state index contributed by atoms with van der Waals surface area (Å²) in [6, 6.07) is 9.42. The summed E-state index contributed by atoms with van der Waals surface area (Å²) in [5.74, 6) is 2.12. The van der Waals surface area contributed by atoms with Crippen LogP contribution in [0.25, 0.3) is 0 Å². The number of para-hydroxylation sites is 1. The first-order valence-electron chi connectivity index (χ1n) is 6.92. The van der Waals surface area contributed by atoms with Crippen LogP contribution in [0.1, 0.15) is 40.4 Å². The smallest absolute Gasteiger partial charge is 0.257 e. The Morgan fingerprint density at radius 2 is 1.95 bits per heavy atom. The van der Waals surface area contributed by atoms with Gasteiger partial charge in [0.25, 0.3) is 5.91 Å². The molecule has 112 valence electrons. The fourth-order valence-electron chi connectivity index (χ4n) is 2.43. The molecule has 0 radical (unpaired) electrons. The van der Waals surface area contributed by atoms with Gasteiger partial charge in [-0.05, 0) is 32.9 Å². The zero-order chi connectivity index (χ0) is 15.6. The van der Waals surface area contributed by atoms with E-state index in [0.717, 1.165) is 17.1 Å². The fourth-order valence-corrected chi connectivity index (χ4v) is 2.43. The molecule has 1 aromatic carbocycles. The molecule has 0 aliphatic carbocycles. The Morgan fingerprint density at radius 1 is 1.29 bits per heavy atom. The van der Waals surface area contributed by atoms with Crippen LogP contribution in [0.4, 0.5) is 0 Å². The molecule has 0 bridgehead atoms. The number of furan rings is 1. The third-order valence-electron chi connectivity index (χ3n) is 3.76. The largest absolute Gasteiger partial charge is 0.496 e. The van der Waals surface area contributed by atoms with Crippen LogP contribution in [0.15, 0.2) is 34.7 Å². The van der Waals surface area contributed by atoms with Gasteiger partial charge in [0.1, 0.15) is 17.3 Å². The minimum Gasteiger partial charge on any atom is -0.496 e. The summed E-state index contributed by atoms with van der Waals surface area (Å²) in [6.07, 6.45) is 0. The highest BCUT2D eigenvalue weighted by Gasteiger charge is 2.24. The van der Waals surface area contributed by atoms with E-state index in [2.05, 4.69) is 0 Å². The average molecular weight is 287 g/mol. The lowest BCUT2D eigenvalue weighted by molar-refractivity contribution is 0.0739. The van der Waals surface area contributed by atoms with Crippen LogP contribution in [0.3, 0.4) is 0 Å². The summed E-state index contributed by atoms with van der Waals surface area (Å²) in [5, 5.41) is 0. The van der Waals surface area contributed by atoms with Crippen molar-refractivity contribution in [2.24, 2.45) is 0 Å². The molecule has 0 spiro atoms. The van der Waals surface area contributed by atoms with Gasteiger partial charge in [-0.3, -0.25) is 4.79 Å². The van der Waals surface area contributed by atoms with Crippen LogP contribution < -0.4 is 4.74 Å². The van der Waals surface area contributed by atoms with Gasteiger partial charge in [0.05, 0.1) is 18.7 Å². The fraction of sp³-hybridized carbons (Fsp3) is 0.353.